The summed E-state index contributed by atoms with van der Waals surface area (Å²) < 4.78 is 61.3. The Morgan fingerprint density at radius 1 is 1.12 bits per heavy atom. The first kappa shape index (κ1) is 25.9. The van der Waals surface area contributed by atoms with E-state index >= 15 is 0 Å². The molecule has 8 nitrogen and oxygen atoms in total. The summed E-state index contributed by atoms with van der Waals surface area (Å²) in [4.78, 5) is 14.7. The molecule has 1 amide bonds. The number of nitrogens with one attached hydrogen (secondary N) is 1. The van der Waals surface area contributed by atoms with E-state index in [-0.39, 0.29) is 22.3 Å². The van der Waals surface area contributed by atoms with E-state index in [1.54, 1.807) is 43.1 Å². The molecule has 0 saturated carbocycles. The topological polar surface area (TPSA) is 88.2 Å². The molecule has 1 atom stereocenters. The summed E-state index contributed by atoms with van der Waals surface area (Å²) in [6.45, 7) is 0.178. The van der Waals surface area contributed by atoms with Gasteiger partial charge in [-0.25, -0.2) is 8.42 Å². The lowest BCUT2D eigenvalue weighted by Gasteiger charge is -2.24. The number of rotatable bonds is 10. The van der Waals surface area contributed by atoms with Crippen LogP contribution in [0.15, 0.2) is 47.4 Å². The molecule has 1 N–H and O–H groups in total. The second-order valence-corrected chi connectivity index (χ2v) is 10.0. The molecule has 0 radical (unpaired) electrons. The first-order valence-electron chi connectivity index (χ1n) is 10.8. The molecular formula is C23H29F2N3O5S. The van der Waals surface area contributed by atoms with E-state index in [0.717, 1.165) is 18.4 Å². The number of methoxy groups -OCH3 is 1. The van der Waals surface area contributed by atoms with Crippen LogP contribution in [0.5, 0.6) is 11.5 Å². The van der Waals surface area contributed by atoms with Gasteiger partial charge in [-0.3, -0.25) is 9.69 Å². The highest BCUT2D eigenvalue weighted by molar-refractivity contribution is 7.89. The fraction of sp³-hybridized carbons (Fsp3) is 0.435. The normalized spacial score (nSPS) is 15.5. The van der Waals surface area contributed by atoms with Gasteiger partial charge in [-0.05, 0) is 68.8 Å². The Morgan fingerprint density at radius 3 is 2.35 bits per heavy atom. The number of nitrogens with zero attached hydrogens (tertiary/aromatic N) is 2. The highest BCUT2D eigenvalue weighted by Gasteiger charge is 2.27. The minimum absolute atomic E-state index is 0.0649. The van der Waals surface area contributed by atoms with Gasteiger partial charge in [0, 0.05) is 25.3 Å². The highest BCUT2D eigenvalue weighted by atomic mass is 32.2. The summed E-state index contributed by atoms with van der Waals surface area (Å²) in [6.07, 6.45) is 1.72. The third kappa shape index (κ3) is 6.22. The van der Waals surface area contributed by atoms with Crippen LogP contribution in [-0.4, -0.2) is 63.4 Å². The molecule has 1 fully saturated rings. The van der Waals surface area contributed by atoms with Crippen molar-refractivity contribution in [3.05, 3.63) is 48.0 Å². The summed E-state index contributed by atoms with van der Waals surface area (Å²) in [7, 11) is -0.396. The standard InChI is InChI=1S/C23H29F2N3O5S/c1-16(27(2)15-17-6-11-20(33-23(24)25)21(14-17)32-3)22(29)26-18-7-9-19(10-8-18)34(30,31)28-12-4-5-13-28/h6-11,14,16,23H,4-5,12-13,15H2,1-3H3,(H,26,29)/t16-/m0/s1. The van der Waals surface area contributed by atoms with Crippen LogP contribution in [0.2, 0.25) is 0 Å². The Balaban J connectivity index is 1.60. The maximum absolute atomic E-state index is 12.7. The van der Waals surface area contributed by atoms with Gasteiger partial charge in [0.25, 0.3) is 0 Å². The number of carbonyl (C=O) groups excluding carboxylic acids is 1. The molecule has 0 unspecified atom stereocenters. The number of amides is 1. The van der Waals surface area contributed by atoms with Crippen LogP contribution in [0.3, 0.4) is 0 Å². The molecule has 1 aliphatic heterocycles. The van der Waals surface area contributed by atoms with Crippen molar-refractivity contribution in [1.82, 2.24) is 9.21 Å². The number of alkyl halides is 2. The van der Waals surface area contributed by atoms with Gasteiger partial charge in [0.1, 0.15) is 0 Å². The Bertz CT molecular complexity index is 1090. The van der Waals surface area contributed by atoms with Crippen molar-refractivity contribution in [2.24, 2.45) is 0 Å². The highest BCUT2D eigenvalue weighted by Crippen LogP contribution is 2.30. The molecule has 2 aromatic carbocycles. The van der Waals surface area contributed by atoms with Crippen molar-refractivity contribution in [2.45, 2.75) is 43.9 Å². The lowest BCUT2D eigenvalue weighted by atomic mass is 10.1. The monoisotopic (exact) mass is 497 g/mol. The minimum atomic E-state index is -3.51. The second kappa shape index (κ2) is 11.1. The van der Waals surface area contributed by atoms with Crippen LogP contribution in [-0.2, 0) is 21.4 Å². The molecule has 3 rings (SSSR count). The van der Waals surface area contributed by atoms with Gasteiger partial charge in [0.2, 0.25) is 15.9 Å². The average molecular weight is 498 g/mol. The third-order valence-corrected chi connectivity index (χ3v) is 7.65. The number of anilines is 1. The van der Waals surface area contributed by atoms with Crippen LogP contribution in [0.25, 0.3) is 0 Å². The Hall–Kier alpha value is -2.76. The molecule has 11 heteroatoms. The van der Waals surface area contributed by atoms with Crippen LogP contribution >= 0.6 is 0 Å². The first-order chi connectivity index (χ1) is 16.1. The summed E-state index contributed by atoms with van der Waals surface area (Å²) >= 11 is 0. The van der Waals surface area contributed by atoms with Crippen LogP contribution in [0, 0.1) is 0 Å². The van der Waals surface area contributed by atoms with Gasteiger partial charge < -0.3 is 14.8 Å². The quantitative estimate of drug-likeness (QED) is 0.540. The Labute approximate surface area is 198 Å². The van der Waals surface area contributed by atoms with Crippen LogP contribution in [0.1, 0.15) is 25.3 Å². The lowest BCUT2D eigenvalue weighted by molar-refractivity contribution is -0.120. The maximum Gasteiger partial charge on any atom is 0.387 e. The molecule has 1 saturated heterocycles. The molecule has 0 aliphatic carbocycles. The molecule has 0 spiro atoms. The van der Waals surface area contributed by atoms with Crippen LogP contribution in [0.4, 0.5) is 14.5 Å². The molecule has 186 valence electrons. The number of hydrogen-bond acceptors (Lipinski definition) is 6. The third-order valence-electron chi connectivity index (χ3n) is 5.74. The zero-order chi connectivity index (χ0) is 24.9. The fourth-order valence-corrected chi connectivity index (χ4v) is 5.18. The maximum atomic E-state index is 12.7. The number of ether oxygens (including phenoxy) is 2. The molecule has 0 aromatic heterocycles. The fourth-order valence-electron chi connectivity index (χ4n) is 3.66. The smallest absolute Gasteiger partial charge is 0.387 e. The lowest BCUT2D eigenvalue weighted by Crippen LogP contribution is -2.39. The average Bonchev–Trinajstić information content (AvgIpc) is 3.35. The van der Waals surface area contributed by atoms with E-state index in [9.17, 15) is 22.0 Å². The van der Waals surface area contributed by atoms with E-state index in [4.69, 9.17) is 4.74 Å². The second-order valence-electron chi connectivity index (χ2n) is 8.08. The van der Waals surface area contributed by atoms with E-state index in [1.807, 2.05) is 0 Å². The van der Waals surface area contributed by atoms with Crippen molar-refractivity contribution >= 4 is 21.6 Å². The van der Waals surface area contributed by atoms with Crippen molar-refractivity contribution in [3.63, 3.8) is 0 Å². The predicted octanol–water partition coefficient (Wildman–Crippen LogP) is 3.54. The molecule has 34 heavy (non-hydrogen) atoms. The molecular weight excluding hydrogens is 468 g/mol. The molecule has 0 bridgehead atoms. The van der Waals surface area contributed by atoms with E-state index in [0.29, 0.717) is 25.3 Å². The number of halogens is 2. The Kier molecular flexibility index (Phi) is 8.45. The summed E-state index contributed by atoms with van der Waals surface area (Å²) in [6, 6.07) is 10.2. The first-order valence-corrected chi connectivity index (χ1v) is 12.3. The van der Waals surface area contributed by atoms with Gasteiger partial charge in [0.05, 0.1) is 18.0 Å². The minimum Gasteiger partial charge on any atom is -0.493 e. The van der Waals surface area contributed by atoms with Gasteiger partial charge in [-0.15, -0.1) is 0 Å². The van der Waals surface area contributed by atoms with E-state index in [2.05, 4.69) is 10.1 Å². The number of sulfonamides is 1. The van der Waals surface area contributed by atoms with Crippen LogP contribution < -0.4 is 14.8 Å². The van der Waals surface area contributed by atoms with Gasteiger partial charge >= 0.3 is 6.61 Å². The molecule has 2 aromatic rings. The molecule has 1 heterocycles. The predicted molar refractivity (Wildman–Crippen MR) is 124 cm³/mol. The van der Waals surface area contributed by atoms with Gasteiger partial charge in [0.15, 0.2) is 11.5 Å². The van der Waals surface area contributed by atoms with E-state index in [1.165, 1.54) is 29.6 Å². The summed E-state index contributed by atoms with van der Waals surface area (Å²) in [5.41, 5.74) is 1.23. The zero-order valence-corrected chi connectivity index (χ0v) is 20.1. The SMILES string of the molecule is COc1cc(CN(C)[C@@H](C)C(=O)Nc2ccc(S(=O)(=O)N3CCCC3)cc2)ccc1OC(F)F. The van der Waals surface area contributed by atoms with E-state index < -0.39 is 22.7 Å². The summed E-state index contributed by atoms with van der Waals surface area (Å²) in [5, 5.41) is 2.79. The van der Waals surface area contributed by atoms with Crippen molar-refractivity contribution in [2.75, 3.05) is 32.6 Å². The number of likely N-dealkylation sites (N-methyl/N-ethyl adjacent to an activating group) is 1. The number of hydrogen-bond donors (Lipinski definition) is 1. The van der Waals surface area contributed by atoms with Gasteiger partial charge in [-0.1, -0.05) is 6.07 Å². The zero-order valence-electron chi connectivity index (χ0n) is 19.3. The van der Waals surface area contributed by atoms with Crippen molar-refractivity contribution in [3.8, 4) is 11.5 Å². The molecule has 1 aliphatic rings. The van der Waals surface area contributed by atoms with Gasteiger partial charge in [-0.2, -0.15) is 13.1 Å². The van der Waals surface area contributed by atoms with Crippen molar-refractivity contribution in [1.29, 1.82) is 0 Å². The Morgan fingerprint density at radius 2 is 1.76 bits per heavy atom. The summed E-state index contributed by atoms with van der Waals surface area (Å²) in [5.74, 6) is -0.167. The largest absolute Gasteiger partial charge is 0.493 e. The van der Waals surface area contributed by atoms with Crippen molar-refractivity contribution < 1.29 is 31.5 Å². The number of benzene rings is 2. The number of carbonyl (C=O) groups is 1.